The Morgan fingerprint density at radius 2 is 2.04 bits per heavy atom. The number of methoxy groups -OCH3 is 1. The van der Waals surface area contributed by atoms with Gasteiger partial charge in [-0.3, -0.25) is 9.59 Å². The summed E-state index contributed by atoms with van der Waals surface area (Å²) in [6.07, 6.45) is 2.71. The van der Waals surface area contributed by atoms with Crippen LogP contribution in [0.25, 0.3) is 10.2 Å². The number of hydrogen-bond donors (Lipinski definition) is 3. The van der Waals surface area contributed by atoms with Crippen LogP contribution < -0.4 is 16.2 Å². The number of rotatable bonds is 7. The van der Waals surface area contributed by atoms with E-state index in [0.717, 1.165) is 41.2 Å². The van der Waals surface area contributed by atoms with Gasteiger partial charge in [-0.1, -0.05) is 0 Å². The summed E-state index contributed by atoms with van der Waals surface area (Å²) in [5.74, 6) is 0.544. The number of amides is 1. The zero-order chi connectivity index (χ0) is 19.4. The maximum Gasteiger partial charge on any atom is 0.259 e. The summed E-state index contributed by atoms with van der Waals surface area (Å²) in [6.45, 7) is 7.10. The number of H-pyrrole nitrogens is 1. The summed E-state index contributed by atoms with van der Waals surface area (Å²) < 4.78 is 5.38. The highest BCUT2D eigenvalue weighted by Gasteiger charge is 2.32. The number of hydrogen-bond acceptors (Lipinski definition) is 6. The number of halogens is 1. The fourth-order valence-corrected chi connectivity index (χ4v) is 4.71. The molecule has 0 bridgehead atoms. The van der Waals surface area contributed by atoms with E-state index in [0.29, 0.717) is 37.2 Å². The number of carbonyl (C=O) groups is 1. The molecule has 7 nitrogen and oxygen atoms in total. The molecule has 2 aromatic heterocycles. The molecule has 3 N–H and O–H groups in total. The molecule has 1 aliphatic heterocycles. The smallest absolute Gasteiger partial charge is 0.259 e. The quantitative estimate of drug-likeness (QED) is 0.627. The minimum atomic E-state index is -0.119. The molecule has 3 rings (SSSR count). The Kier molecular flexibility index (Phi) is 8.00. The molecule has 2 aromatic rings. The van der Waals surface area contributed by atoms with Crippen LogP contribution in [-0.4, -0.2) is 49.2 Å². The number of nitrogens with zero attached hydrogens (tertiary/aromatic N) is 1. The standard InChI is InChI=1S/C19H28N4O3S.ClH/c1-12-13(2)27-18-16(12)17(25)22-14(23-18)4-5-15(24)21-10-19(11-26-3)6-8-20-9-7-19;/h20H,4-11H2,1-3H3,(H,21,24)(H,22,23,25);1H. The number of piperidine rings is 1. The van der Waals surface area contributed by atoms with Gasteiger partial charge in [0.1, 0.15) is 10.7 Å². The van der Waals surface area contributed by atoms with Gasteiger partial charge in [0.05, 0.1) is 12.0 Å². The first-order valence-electron chi connectivity index (χ1n) is 9.39. The summed E-state index contributed by atoms with van der Waals surface area (Å²) in [5, 5.41) is 7.06. The summed E-state index contributed by atoms with van der Waals surface area (Å²) >= 11 is 1.52. The van der Waals surface area contributed by atoms with E-state index in [1.165, 1.54) is 11.3 Å². The molecule has 1 fully saturated rings. The average molecular weight is 429 g/mol. The Bertz CT molecular complexity index is 868. The molecule has 1 amide bonds. The van der Waals surface area contributed by atoms with Crippen LogP contribution in [0.4, 0.5) is 0 Å². The second-order valence-corrected chi connectivity index (χ2v) is 8.64. The summed E-state index contributed by atoms with van der Waals surface area (Å²) in [4.78, 5) is 33.9. The van der Waals surface area contributed by atoms with Gasteiger partial charge in [0.25, 0.3) is 5.56 Å². The third kappa shape index (κ3) is 5.11. The van der Waals surface area contributed by atoms with E-state index >= 15 is 0 Å². The number of fused-ring (bicyclic) bond motifs is 1. The highest BCUT2D eigenvalue weighted by Crippen LogP contribution is 2.28. The molecule has 1 saturated heterocycles. The van der Waals surface area contributed by atoms with Crippen molar-refractivity contribution in [2.75, 3.05) is 33.4 Å². The molecule has 0 aromatic carbocycles. The van der Waals surface area contributed by atoms with Crippen molar-refractivity contribution in [2.45, 2.75) is 39.5 Å². The average Bonchev–Trinajstić information content (AvgIpc) is 2.94. The number of ether oxygens (including phenoxy) is 1. The highest BCUT2D eigenvalue weighted by atomic mass is 35.5. The zero-order valence-electron chi connectivity index (χ0n) is 16.6. The van der Waals surface area contributed by atoms with Gasteiger partial charge in [-0.05, 0) is 45.3 Å². The Morgan fingerprint density at radius 3 is 2.71 bits per heavy atom. The Balaban J connectivity index is 0.00000280. The van der Waals surface area contributed by atoms with Gasteiger partial charge in [-0.25, -0.2) is 4.98 Å². The number of thiophene rings is 1. The van der Waals surface area contributed by atoms with Crippen molar-refractivity contribution in [3.8, 4) is 0 Å². The SMILES string of the molecule is COCC1(CNC(=O)CCc2nc3sc(C)c(C)c3c(=O)[nH]2)CCNCC1.Cl. The second-order valence-electron chi connectivity index (χ2n) is 7.44. The van der Waals surface area contributed by atoms with Gasteiger partial charge in [0, 0.05) is 36.8 Å². The van der Waals surface area contributed by atoms with E-state index in [1.54, 1.807) is 7.11 Å². The van der Waals surface area contributed by atoms with Crippen molar-refractivity contribution in [3.05, 3.63) is 26.6 Å². The van der Waals surface area contributed by atoms with Crippen LogP contribution in [0, 0.1) is 19.3 Å². The van der Waals surface area contributed by atoms with Crippen LogP contribution >= 0.6 is 23.7 Å². The fraction of sp³-hybridized carbons (Fsp3) is 0.632. The molecule has 0 spiro atoms. The van der Waals surface area contributed by atoms with Crippen molar-refractivity contribution in [3.63, 3.8) is 0 Å². The molecular weight excluding hydrogens is 400 g/mol. The molecular formula is C19H29ClN4O3S. The lowest BCUT2D eigenvalue weighted by molar-refractivity contribution is -0.122. The fourth-order valence-electron chi connectivity index (χ4n) is 3.66. The van der Waals surface area contributed by atoms with Crippen LogP contribution in [0.15, 0.2) is 4.79 Å². The normalized spacial score (nSPS) is 16.0. The van der Waals surface area contributed by atoms with Gasteiger partial charge in [-0.15, -0.1) is 23.7 Å². The summed E-state index contributed by atoms with van der Waals surface area (Å²) in [7, 11) is 1.71. The van der Waals surface area contributed by atoms with Crippen molar-refractivity contribution in [2.24, 2.45) is 5.41 Å². The monoisotopic (exact) mass is 428 g/mol. The van der Waals surface area contributed by atoms with Gasteiger partial charge in [0.15, 0.2) is 0 Å². The number of nitrogens with one attached hydrogen (secondary N) is 3. The summed E-state index contributed by atoms with van der Waals surface area (Å²) in [6, 6.07) is 0. The van der Waals surface area contributed by atoms with Crippen LogP contribution in [-0.2, 0) is 16.0 Å². The third-order valence-electron chi connectivity index (χ3n) is 5.45. The first kappa shape index (κ1) is 22.8. The van der Waals surface area contributed by atoms with E-state index in [1.807, 2.05) is 13.8 Å². The van der Waals surface area contributed by atoms with E-state index in [4.69, 9.17) is 4.74 Å². The van der Waals surface area contributed by atoms with Gasteiger partial charge in [-0.2, -0.15) is 0 Å². The van der Waals surface area contributed by atoms with Crippen LogP contribution in [0.3, 0.4) is 0 Å². The van der Waals surface area contributed by atoms with E-state index in [2.05, 4.69) is 20.6 Å². The van der Waals surface area contributed by atoms with Gasteiger partial charge in [0.2, 0.25) is 5.91 Å². The minimum absolute atomic E-state index is 0. The van der Waals surface area contributed by atoms with E-state index in [-0.39, 0.29) is 29.3 Å². The van der Waals surface area contributed by atoms with Crippen LogP contribution in [0.1, 0.15) is 35.5 Å². The molecule has 0 radical (unpaired) electrons. The lowest BCUT2D eigenvalue weighted by Gasteiger charge is -2.37. The molecule has 0 saturated carbocycles. The Hall–Kier alpha value is -1.48. The van der Waals surface area contributed by atoms with Crippen molar-refractivity contribution in [1.82, 2.24) is 20.6 Å². The highest BCUT2D eigenvalue weighted by molar-refractivity contribution is 7.18. The number of carbonyl (C=O) groups excluding carboxylic acids is 1. The molecule has 1 aliphatic rings. The summed E-state index contributed by atoms with van der Waals surface area (Å²) in [5.41, 5.74) is 0.872. The number of aromatic nitrogens is 2. The van der Waals surface area contributed by atoms with Crippen molar-refractivity contribution in [1.29, 1.82) is 0 Å². The lowest BCUT2D eigenvalue weighted by atomic mass is 9.79. The van der Waals surface area contributed by atoms with Crippen LogP contribution in [0.2, 0.25) is 0 Å². The Morgan fingerprint density at radius 1 is 1.32 bits per heavy atom. The van der Waals surface area contributed by atoms with Gasteiger partial charge < -0.3 is 20.4 Å². The number of aromatic amines is 1. The number of aryl methyl sites for hydroxylation is 3. The maximum atomic E-state index is 12.3. The van der Waals surface area contributed by atoms with Crippen LogP contribution in [0.5, 0.6) is 0 Å². The molecule has 0 unspecified atom stereocenters. The third-order valence-corrected chi connectivity index (χ3v) is 6.55. The Labute approximate surface area is 175 Å². The lowest BCUT2D eigenvalue weighted by Crippen LogP contribution is -2.47. The van der Waals surface area contributed by atoms with E-state index in [9.17, 15) is 9.59 Å². The molecule has 28 heavy (non-hydrogen) atoms. The molecule has 9 heteroatoms. The predicted octanol–water partition coefficient (Wildman–Crippen LogP) is 2.09. The van der Waals surface area contributed by atoms with Gasteiger partial charge >= 0.3 is 0 Å². The van der Waals surface area contributed by atoms with Crippen molar-refractivity contribution >= 4 is 39.9 Å². The molecule has 0 aliphatic carbocycles. The first-order valence-corrected chi connectivity index (χ1v) is 10.2. The minimum Gasteiger partial charge on any atom is -0.384 e. The van der Waals surface area contributed by atoms with E-state index < -0.39 is 0 Å². The second kappa shape index (κ2) is 9.82. The predicted molar refractivity (Wildman–Crippen MR) is 115 cm³/mol. The van der Waals surface area contributed by atoms with Crippen molar-refractivity contribution < 1.29 is 9.53 Å². The topological polar surface area (TPSA) is 96.1 Å². The molecule has 156 valence electrons. The first-order chi connectivity index (χ1) is 12.9. The zero-order valence-corrected chi connectivity index (χ0v) is 18.3. The maximum absolute atomic E-state index is 12.3. The largest absolute Gasteiger partial charge is 0.384 e. The molecule has 0 atom stereocenters. The molecule has 3 heterocycles.